The van der Waals surface area contributed by atoms with Crippen molar-refractivity contribution in [1.82, 2.24) is 9.21 Å². The van der Waals surface area contributed by atoms with Crippen LogP contribution in [0.1, 0.15) is 42.1 Å². The average molecular weight is 495 g/mol. The number of nitrogens with zero attached hydrogens (tertiary/aromatic N) is 2. The van der Waals surface area contributed by atoms with E-state index in [0.29, 0.717) is 10.5 Å². The molecule has 0 aliphatic carbocycles. The number of carbonyl (C=O) groups is 2. The number of ether oxygens (including phenoxy) is 2. The Morgan fingerprint density at radius 2 is 1.78 bits per heavy atom. The molecule has 188 valence electrons. The van der Waals surface area contributed by atoms with E-state index in [9.17, 15) is 18.4 Å². The van der Waals surface area contributed by atoms with Crippen molar-refractivity contribution in [2.45, 2.75) is 32.1 Å². The van der Waals surface area contributed by atoms with Crippen molar-refractivity contribution in [2.75, 3.05) is 40.4 Å². The highest BCUT2D eigenvalue weighted by molar-refractivity contribution is 7.77. The topological polar surface area (TPSA) is 79.3 Å². The number of hydrogen-bond donors (Lipinski definition) is 2. The highest BCUT2D eigenvalue weighted by Crippen LogP contribution is 2.41. The van der Waals surface area contributed by atoms with E-state index >= 15 is 0 Å². The van der Waals surface area contributed by atoms with Crippen LogP contribution in [0.5, 0.6) is 5.75 Å². The summed E-state index contributed by atoms with van der Waals surface area (Å²) in [5.74, 6) is -4.82. The van der Waals surface area contributed by atoms with Gasteiger partial charge in [0, 0.05) is 19.6 Å². The molecule has 0 saturated carbocycles. The minimum atomic E-state index is -3.20. The second kappa shape index (κ2) is 15.5. The van der Waals surface area contributed by atoms with Crippen molar-refractivity contribution in [3.8, 4) is 5.75 Å². The Balaban J connectivity index is -0.000000829. The van der Waals surface area contributed by atoms with E-state index < -0.39 is 30.4 Å². The lowest BCUT2D eigenvalue weighted by Gasteiger charge is -2.37. The second-order valence-electron chi connectivity index (χ2n) is 6.40. The van der Waals surface area contributed by atoms with Crippen LogP contribution in [0.3, 0.4) is 0 Å². The molecule has 0 spiro atoms. The van der Waals surface area contributed by atoms with Crippen molar-refractivity contribution in [3.05, 3.63) is 29.3 Å². The molecule has 1 aromatic rings. The zero-order chi connectivity index (χ0) is 22.2. The number of halogens is 5. The number of methoxy groups -OCH3 is 2. The van der Waals surface area contributed by atoms with Crippen molar-refractivity contribution >= 4 is 24.9 Å². The fourth-order valence-electron chi connectivity index (χ4n) is 2.94. The standard InChI is InChI=1S/C15H17F2NO5.C4H11NS.3FH/c1-22-12-7-9(3-4-10(12)13(19)23-2)11-5-6-18(14(20)21)8-15(11,16)17;1-3-5(6)4-2;;;/h3-4,7,11H,5-6,8H2,1-2H3,(H,20,21);6H,3-4H2,1-2H3;3*1H. The Bertz CT molecular complexity index is 711. The van der Waals surface area contributed by atoms with Crippen LogP contribution < -0.4 is 4.74 Å². The van der Waals surface area contributed by atoms with Gasteiger partial charge in [0.05, 0.1) is 26.7 Å². The molecule has 1 aliphatic rings. The van der Waals surface area contributed by atoms with Crippen LogP contribution in [0.25, 0.3) is 0 Å². The van der Waals surface area contributed by atoms with Gasteiger partial charge in [-0.3, -0.25) is 18.4 Å². The number of esters is 1. The lowest BCUT2D eigenvalue weighted by atomic mass is 9.85. The zero-order valence-electron chi connectivity index (χ0n) is 18.2. The van der Waals surface area contributed by atoms with Crippen LogP contribution in [-0.2, 0) is 4.74 Å². The van der Waals surface area contributed by atoms with Crippen molar-refractivity contribution in [2.24, 2.45) is 0 Å². The number of amides is 1. The van der Waals surface area contributed by atoms with E-state index in [4.69, 9.17) is 9.84 Å². The molecule has 1 fully saturated rings. The Kier molecular flexibility index (Phi) is 16.6. The molecule has 32 heavy (non-hydrogen) atoms. The highest BCUT2D eigenvalue weighted by Gasteiger charge is 2.46. The number of likely N-dealkylation sites (tertiary alicyclic amines) is 1. The van der Waals surface area contributed by atoms with Crippen molar-refractivity contribution in [1.29, 1.82) is 0 Å². The molecule has 1 N–H and O–H groups in total. The summed E-state index contributed by atoms with van der Waals surface area (Å²) in [5, 5.41) is 8.86. The molecule has 0 bridgehead atoms. The van der Waals surface area contributed by atoms with Gasteiger partial charge in [-0.15, -0.1) is 0 Å². The quantitative estimate of drug-likeness (QED) is 0.363. The zero-order valence-corrected chi connectivity index (χ0v) is 19.1. The van der Waals surface area contributed by atoms with Crippen LogP contribution in [0.2, 0.25) is 0 Å². The van der Waals surface area contributed by atoms with E-state index in [-0.39, 0.29) is 38.4 Å². The SMILES string of the molecule is CCN(S)CC.COC(=O)c1ccc(C2CCN(C(=O)O)CC2(F)F)cc1OC.F.F.F. The molecule has 0 aromatic heterocycles. The van der Waals surface area contributed by atoms with Gasteiger partial charge in [-0.05, 0) is 24.1 Å². The highest BCUT2D eigenvalue weighted by atomic mass is 32.1. The first-order valence-electron chi connectivity index (χ1n) is 9.16. The lowest BCUT2D eigenvalue weighted by molar-refractivity contribution is -0.0761. The normalized spacial score (nSPS) is 16.2. The molecule has 13 heteroatoms. The maximum atomic E-state index is 14.3. The van der Waals surface area contributed by atoms with Crippen LogP contribution in [0.15, 0.2) is 18.2 Å². The summed E-state index contributed by atoms with van der Waals surface area (Å²) in [6, 6.07) is 4.17. The van der Waals surface area contributed by atoms with Crippen LogP contribution in [0, 0.1) is 0 Å². The van der Waals surface area contributed by atoms with E-state index in [1.165, 1.54) is 32.4 Å². The number of hydrogen-bond acceptors (Lipinski definition) is 6. The molecule has 1 aromatic carbocycles. The number of thiol groups is 1. The molecular formula is C19H31F5N2O5S. The molecule has 1 unspecified atom stereocenters. The Morgan fingerprint density at radius 3 is 2.16 bits per heavy atom. The predicted octanol–water partition coefficient (Wildman–Crippen LogP) is 4.21. The third-order valence-electron chi connectivity index (χ3n) is 4.63. The molecule has 0 radical (unpaired) electrons. The number of carbonyl (C=O) groups excluding carboxylic acids is 1. The van der Waals surface area contributed by atoms with Gasteiger partial charge in [0.2, 0.25) is 0 Å². The number of carboxylic acid groups (broad SMARTS) is 1. The molecule has 7 nitrogen and oxygen atoms in total. The molecule has 1 heterocycles. The Labute approximate surface area is 189 Å². The third-order valence-corrected chi connectivity index (χ3v) is 5.20. The summed E-state index contributed by atoms with van der Waals surface area (Å²) in [4.78, 5) is 23.2. The first-order valence-corrected chi connectivity index (χ1v) is 9.56. The second-order valence-corrected chi connectivity index (χ2v) is 6.96. The summed E-state index contributed by atoms with van der Waals surface area (Å²) >= 11 is 4.06. The van der Waals surface area contributed by atoms with Crippen LogP contribution in [0.4, 0.5) is 27.7 Å². The maximum absolute atomic E-state index is 14.3. The molecule has 1 saturated heterocycles. The van der Waals surface area contributed by atoms with Crippen LogP contribution in [-0.4, -0.2) is 72.7 Å². The van der Waals surface area contributed by atoms with E-state index in [1.54, 1.807) is 0 Å². The van der Waals surface area contributed by atoms with E-state index in [0.717, 1.165) is 13.1 Å². The number of benzene rings is 1. The summed E-state index contributed by atoms with van der Waals surface area (Å²) in [5.41, 5.74) is 0.439. The van der Waals surface area contributed by atoms with Gasteiger partial charge in [0.1, 0.15) is 11.3 Å². The fraction of sp³-hybridized carbons (Fsp3) is 0.579. The summed E-state index contributed by atoms with van der Waals surface area (Å²) in [7, 11) is 2.54. The third kappa shape index (κ3) is 9.07. The maximum Gasteiger partial charge on any atom is 0.407 e. The summed E-state index contributed by atoms with van der Waals surface area (Å²) in [6.45, 7) is 5.39. The molecule has 1 aliphatic heterocycles. The minimum Gasteiger partial charge on any atom is -0.496 e. The largest absolute Gasteiger partial charge is 0.496 e. The summed E-state index contributed by atoms with van der Waals surface area (Å²) in [6.07, 6.45) is -1.37. The van der Waals surface area contributed by atoms with Gasteiger partial charge in [0.15, 0.2) is 0 Å². The Hall–Kier alpha value is -2.28. The molecular weight excluding hydrogens is 463 g/mol. The van der Waals surface area contributed by atoms with Gasteiger partial charge < -0.3 is 19.5 Å². The Morgan fingerprint density at radius 1 is 1.22 bits per heavy atom. The molecule has 1 atom stereocenters. The molecule has 1 amide bonds. The van der Waals surface area contributed by atoms with Gasteiger partial charge >= 0.3 is 12.1 Å². The van der Waals surface area contributed by atoms with Crippen molar-refractivity contribution in [3.63, 3.8) is 0 Å². The summed E-state index contributed by atoms with van der Waals surface area (Å²) < 4.78 is 40.2. The van der Waals surface area contributed by atoms with Crippen LogP contribution >= 0.6 is 12.8 Å². The van der Waals surface area contributed by atoms with Crippen molar-refractivity contribution < 1.29 is 47.1 Å². The van der Waals surface area contributed by atoms with Gasteiger partial charge in [-0.2, -0.15) is 0 Å². The smallest absolute Gasteiger partial charge is 0.407 e. The monoisotopic (exact) mass is 494 g/mol. The van der Waals surface area contributed by atoms with Gasteiger partial charge in [0.25, 0.3) is 5.92 Å². The predicted molar refractivity (Wildman–Crippen MR) is 116 cm³/mol. The lowest BCUT2D eigenvalue weighted by Crippen LogP contribution is -2.49. The first kappa shape index (κ1) is 34.3. The average Bonchev–Trinajstić information content (AvgIpc) is 2.71. The fourth-order valence-corrected chi connectivity index (χ4v) is 2.94. The van der Waals surface area contributed by atoms with E-state index in [2.05, 4.69) is 31.4 Å². The minimum absolute atomic E-state index is 0. The van der Waals surface area contributed by atoms with Gasteiger partial charge in [-0.1, -0.05) is 32.7 Å². The number of piperidine rings is 1. The molecule has 2 rings (SSSR count). The van der Waals surface area contributed by atoms with Gasteiger partial charge in [-0.25, -0.2) is 18.4 Å². The number of alkyl halides is 2. The first-order chi connectivity index (χ1) is 13.6. The van der Waals surface area contributed by atoms with E-state index in [1.807, 2.05) is 4.31 Å². The number of rotatable bonds is 5.